The number of rotatable bonds is 5. The summed E-state index contributed by atoms with van der Waals surface area (Å²) in [7, 11) is 0. The molecule has 1 aromatic carbocycles. The summed E-state index contributed by atoms with van der Waals surface area (Å²) in [6.07, 6.45) is 1.91. The largest absolute Gasteiger partial charge is 0.339 e. The average molecular weight is 402 g/mol. The smallest absolute Gasteiger partial charge is 0.233 e. The lowest BCUT2D eigenvalue weighted by Crippen LogP contribution is -2.48. The maximum absolute atomic E-state index is 12.6. The summed E-state index contributed by atoms with van der Waals surface area (Å²) in [5.41, 5.74) is 2.00. The van der Waals surface area contributed by atoms with E-state index in [9.17, 15) is 4.79 Å². The highest BCUT2D eigenvalue weighted by molar-refractivity contribution is 7.99. The standard InChI is InChI=1S/C19H20ClN5OS/c20-16-5-3-4-15(12-16)13-23-8-10-24(11-9-23)18(26)14-27-19-22-21-17-6-1-2-7-25(17)19/h1-7,12H,8-11,13-14H2. The Labute approximate surface area is 167 Å². The Morgan fingerprint density at radius 2 is 1.93 bits per heavy atom. The number of fused-ring (bicyclic) bond motifs is 1. The summed E-state index contributed by atoms with van der Waals surface area (Å²) in [5.74, 6) is 0.527. The predicted octanol–water partition coefficient (Wildman–Crippen LogP) is 2.82. The number of halogens is 1. The first-order chi connectivity index (χ1) is 13.2. The molecule has 0 unspecified atom stereocenters. The van der Waals surface area contributed by atoms with Gasteiger partial charge in [-0.2, -0.15) is 0 Å². The van der Waals surface area contributed by atoms with E-state index in [1.54, 1.807) is 0 Å². The molecular formula is C19H20ClN5OS. The molecule has 140 valence electrons. The maximum atomic E-state index is 12.6. The van der Waals surface area contributed by atoms with Crippen LogP contribution >= 0.6 is 23.4 Å². The van der Waals surface area contributed by atoms with Crippen LogP contribution in [0.1, 0.15) is 5.56 Å². The molecule has 0 N–H and O–H groups in total. The normalized spacial score (nSPS) is 15.4. The summed E-state index contributed by atoms with van der Waals surface area (Å²) in [4.78, 5) is 16.8. The van der Waals surface area contributed by atoms with Crippen molar-refractivity contribution in [2.75, 3.05) is 31.9 Å². The van der Waals surface area contributed by atoms with E-state index in [0.29, 0.717) is 5.75 Å². The lowest BCUT2D eigenvalue weighted by molar-refractivity contribution is -0.130. The number of nitrogens with zero attached hydrogens (tertiary/aromatic N) is 5. The van der Waals surface area contributed by atoms with Gasteiger partial charge in [-0.15, -0.1) is 10.2 Å². The molecule has 8 heteroatoms. The van der Waals surface area contributed by atoms with E-state index in [1.807, 2.05) is 51.9 Å². The monoisotopic (exact) mass is 401 g/mol. The number of hydrogen-bond donors (Lipinski definition) is 0. The molecular weight excluding hydrogens is 382 g/mol. The second-order valence-electron chi connectivity index (χ2n) is 6.49. The Hall–Kier alpha value is -2.09. The van der Waals surface area contributed by atoms with Crippen molar-refractivity contribution >= 4 is 34.9 Å². The van der Waals surface area contributed by atoms with Crippen LogP contribution in [0.5, 0.6) is 0 Å². The van der Waals surface area contributed by atoms with Gasteiger partial charge in [-0.1, -0.05) is 41.6 Å². The minimum Gasteiger partial charge on any atom is -0.339 e. The second kappa shape index (κ2) is 8.29. The SMILES string of the molecule is O=C(CSc1nnc2ccccn12)N1CCN(Cc2cccc(Cl)c2)CC1. The van der Waals surface area contributed by atoms with Gasteiger partial charge in [0.25, 0.3) is 0 Å². The van der Waals surface area contributed by atoms with E-state index < -0.39 is 0 Å². The first-order valence-corrected chi connectivity index (χ1v) is 10.2. The third-order valence-electron chi connectivity index (χ3n) is 4.63. The molecule has 0 spiro atoms. The molecule has 0 radical (unpaired) electrons. The zero-order valence-electron chi connectivity index (χ0n) is 14.8. The summed E-state index contributed by atoms with van der Waals surface area (Å²) >= 11 is 7.49. The fourth-order valence-electron chi connectivity index (χ4n) is 3.18. The number of thioether (sulfide) groups is 1. The Balaban J connectivity index is 1.27. The van der Waals surface area contributed by atoms with Gasteiger partial charge in [-0.25, -0.2) is 0 Å². The summed E-state index contributed by atoms with van der Waals surface area (Å²) in [5, 5.41) is 9.79. The zero-order chi connectivity index (χ0) is 18.6. The molecule has 0 atom stereocenters. The van der Waals surface area contributed by atoms with Crippen molar-refractivity contribution in [3.8, 4) is 0 Å². The number of piperazine rings is 1. The van der Waals surface area contributed by atoms with Crippen LogP contribution in [0.2, 0.25) is 5.02 Å². The molecule has 6 nitrogen and oxygen atoms in total. The molecule has 0 saturated carbocycles. The third-order valence-corrected chi connectivity index (χ3v) is 5.79. The first-order valence-electron chi connectivity index (χ1n) is 8.86. The van der Waals surface area contributed by atoms with Crippen LogP contribution in [0.15, 0.2) is 53.8 Å². The van der Waals surface area contributed by atoms with E-state index in [-0.39, 0.29) is 5.91 Å². The molecule has 0 aliphatic carbocycles. The minimum atomic E-state index is 0.148. The fourth-order valence-corrected chi connectivity index (χ4v) is 4.22. The Morgan fingerprint density at radius 1 is 1.07 bits per heavy atom. The number of benzene rings is 1. The van der Waals surface area contributed by atoms with Gasteiger partial charge in [0.2, 0.25) is 5.91 Å². The molecule has 1 amide bonds. The number of hydrogen-bond acceptors (Lipinski definition) is 5. The average Bonchev–Trinajstić information content (AvgIpc) is 3.10. The molecule has 2 aromatic heterocycles. The van der Waals surface area contributed by atoms with Crippen LogP contribution in [-0.4, -0.2) is 62.2 Å². The maximum Gasteiger partial charge on any atom is 0.233 e. The van der Waals surface area contributed by atoms with Gasteiger partial charge in [0.15, 0.2) is 10.8 Å². The Kier molecular flexibility index (Phi) is 5.61. The highest BCUT2D eigenvalue weighted by Crippen LogP contribution is 2.18. The second-order valence-corrected chi connectivity index (χ2v) is 7.87. The fraction of sp³-hybridized carbons (Fsp3) is 0.316. The van der Waals surface area contributed by atoms with E-state index in [1.165, 1.54) is 17.3 Å². The van der Waals surface area contributed by atoms with Gasteiger partial charge in [-0.05, 0) is 29.8 Å². The van der Waals surface area contributed by atoms with Crippen LogP contribution < -0.4 is 0 Å². The van der Waals surface area contributed by atoms with E-state index in [4.69, 9.17) is 11.6 Å². The molecule has 3 aromatic rings. The van der Waals surface area contributed by atoms with Gasteiger partial charge < -0.3 is 4.90 Å². The lowest BCUT2D eigenvalue weighted by Gasteiger charge is -2.34. The summed E-state index contributed by atoms with van der Waals surface area (Å²) in [6.45, 7) is 4.11. The highest BCUT2D eigenvalue weighted by atomic mass is 35.5. The molecule has 1 aliphatic heterocycles. The van der Waals surface area contributed by atoms with Gasteiger partial charge in [0, 0.05) is 43.9 Å². The van der Waals surface area contributed by atoms with Crippen molar-refractivity contribution in [1.29, 1.82) is 0 Å². The Morgan fingerprint density at radius 3 is 2.74 bits per heavy atom. The number of carbonyl (C=O) groups is 1. The first kappa shape index (κ1) is 18.3. The van der Waals surface area contributed by atoms with Gasteiger partial charge in [-0.3, -0.25) is 14.1 Å². The van der Waals surface area contributed by atoms with Crippen LogP contribution in [0.3, 0.4) is 0 Å². The lowest BCUT2D eigenvalue weighted by atomic mass is 10.2. The molecule has 27 heavy (non-hydrogen) atoms. The number of amides is 1. The van der Waals surface area contributed by atoms with Crippen molar-refractivity contribution in [2.24, 2.45) is 0 Å². The zero-order valence-corrected chi connectivity index (χ0v) is 16.4. The molecule has 3 heterocycles. The minimum absolute atomic E-state index is 0.148. The van der Waals surface area contributed by atoms with Gasteiger partial charge >= 0.3 is 0 Å². The molecule has 0 bridgehead atoms. The highest BCUT2D eigenvalue weighted by Gasteiger charge is 2.21. The van der Waals surface area contributed by atoms with Crippen LogP contribution in [0.4, 0.5) is 0 Å². The number of carbonyl (C=O) groups excluding carboxylic acids is 1. The van der Waals surface area contributed by atoms with Crippen molar-refractivity contribution in [3.05, 3.63) is 59.2 Å². The van der Waals surface area contributed by atoms with Crippen molar-refractivity contribution < 1.29 is 4.79 Å². The molecule has 1 aliphatic rings. The van der Waals surface area contributed by atoms with Crippen molar-refractivity contribution in [2.45, 2.75) is 11.7 Å². The molecule has 1 fully saturated rings. The predicted molar refractivity (Wildman–Crippen MR) is 107 cm³/mol. The van der Waals surface area contributed by atoms with Crippen LogP contribution in [0, 0.1) is 0 Å². The van der Waals surface area contributed by atoms with E-state index >= 15 is 0 Å². The van der Waals surface area contributed by atoms with Crippen LogP contribution in [-0.2, 0) is 11.3 Å². The number of pyridine rings is 1. The van der Waals surface area contributed by atoms with Crippen molar-refractivity contribution in [1.82, 2.24) is 24.4 Å². The quantitative estimate of drug-likeness (QED) is 0.615. The summed E-state index contributed by atoms with van der Waals surface area (Å²) in [6, 6.07) is 13.7. The molecule has 4 rings (SSSR count). The van der Waals surface area contributed by atoms with Crippen LogP contribution in [0.25, 0.3) is 5.65 Å². The Bertz CT molecular complexity index is 939. The van der Waals surface area contributed by atoms with E-state index in [0.717, 1.165) is 48.6 Å². The van der Waals surface area contributed by atoms with E-state index in [2.05, 4.69) is 21.2 Å². The number of aromatic nitrogens is 3. The van der Waals surface area contributed by atoms with Crippen molar-refractivity contribution in [3.63, 3.8) is 0 Å². The third kappa shape index (κ3) is 4.43. The van der Waals surface area contributed by atoms with Gasteiger partial charge in [0.1, 0.15) is 0 Å². The topological polar surface area (TPSA) is 53.7 Å². The van der Waals surface area contributed by atoms with Gasteiger partial charge in [0.05, 0.1) is 5.75 Å². The molecule has 1 saturated heterocycles. The summed E-state index contributed by atoms with van der Waals surface area (Å²) < 4.78 is 1.90.